The van der Waals surface area contributed by atoms with Gasteiger partial charge in [-0.15, -0.1) is 28.3 Å². The fourth-order valence-corrected chi connectivity index (χ4v) is 3.85. The van der Waals surface area contributed by atoms with E-state index in [1.54, 1.807) is 18.4 Å². The SMILES string of the molecule is Br.COc1ccccc1N=c1scc(-c2ccc(I)cc2)n1CCCO. The zero-order chi connectivity index (χ0) is 17.6. The maximum atomic E-state index is 9.26. The minimum absolute atomic E-state index is 0. The van der Waals surface area contributed by atoms with Gasteiger partial charge in [0.1, 0.15) is 11.4 Å². The second-order valence-corrected chi connectivity index (χ2v) is 7.51. The molecule has 0 bridgehead atoms. The predicted octanol–water partition coefficient (Wildman–Crippen LogP) is 5.02. The first-order chi connectivity index (χ1) is 12.2. The highest BCUT2D eigenvalue weighted by Crippen LogP contribution is 2.27. The summed E-state index contributed by atoms with van der Waals surface area (Å²) in [6.07, 6.45) is 0.688. The van der Waals surface area contributed by atoms with Gasteiger partial charge in [0, 0.05) is 22.1 Å². The summed E-state index contributed by atoms with van der Waals surface area (Å²) in [5.41, 5.74) is 3.07. The number of ether oxygens (including phenoxy) is 1. The molecule has 0 radical (unpaired) electrons. The van der Waals surface area contributed by atoms with Crippen molar-refractivity contribution in [3.05, 3.63) is 62.3 Å². The normalized spacial score (nSPS) is 11.3. The van der Waals surface area contributed by atoms with Crippen LogP contribution in [0.2, 0.25) is 0 Å². The van der Waals surface area contributed by atoms with Crippen molar-refractivity contribution in [2.24, 2.45) is 4.99 Å². The van der Waals surface area contributed by atoms with E-state index in [0.717, 1.165) is 34.0 Å². The Bertz CT molecular complexity index is 906. The molecule has 3 rings (SSSR count). The predicted molar refractivity (Wildman–Crippen MR) is 121 cm³/mol. The number of para-hydroxylation sites is 2. The van der Waals surface area contributed by atoms with E-state index < -0.39 is 0 Å². The minimum atomic E-state index is 0. The van der Waals surface area contributed by atoms with Gasteiger partial charge in [-0.2, -0.15) is 0 Å². The third-order valence-electron chi connectivity index (χ3n) is 3.78. The number of aliphatic hydroxyl groups is 1. The van der Waals surface area contributed by atoms with Crippen molar-refractivity contribution in [2.45, 2.75) is 13.0 Å². The summed E-state index contributed by atoms with van der Waals surface area (Å²) in [5, 5.41) is 11.4. The number of aromatic nitrogens is 1. The Morgan fingerprint density at radius 3 is 2.58 bits per heavy atom. The Balaban J connectivity index is 0.00000243. The second-order valence-electron chi connectivity index (χ2n) is 5.42. The van der Waals surface area contributed by atoms with E-state index in [0.29, 0.717) is 6.42 Å². The zero-order valence-corrected chi connectivity index (χ0v) is 18.9. The topological polar surface area (TPSA) is 46.8 Å². The number of methoxy groups -OCH3 is 1. The lowest BCUT2D eigenvalue weighted by Crippen LogP contribution is -2.16. The molecule has 1 aromatic heterocycles. The molecule has 1 heterocycles. The van der Waals surface area contributed by atoms with E-state index >= 15 is 0 Å². The van der Waals surface area contributed by atoms with E-state index in [1.165, 1.54) is 3.57 Å². The third-order valence-corrected chi connectivity index (χ3v) is 5.36. The molecule has 4 nitrogen and oxygen atoms in total. The Morgan fingerprint density at radius 2 is 1.88 bits per heavy atom. The number of nitrogens with zero attached hydrogens (tertiary/aromatic N) is 2. The number of benzene rings is 2. The Morgan fingerprint density at radius 1 is 1.15 bits per heavy atom. The molecule has 3 aromatic rings. The first-order valence-electron chi connectivity index (χ1n) is 7.96. The molecule has 0 aliphatic carbocycles. The molecule has 0 spiro atoms. The molecule has 0 fully saturated rings. The van der Waals surface area contributed by atoms with Crippen molar-refractivity contribution in [1.82, 2.24) is 4.57 Å². The van der Waals surface area contributed by atoms with Crippen molar-refractivity contribution in [3.63, 3.8) is 0 Å². The number of hydrogen-bond acceptors (Lipinski definition) is 4. The fourth-order valence-electron chi connectivity index (χ4n) is 2.54. The van der Waals surface area contributed by atoms with E-state index in [1.807, 2.05) is 24.3 Å². The molecule has 26 heavy (non-hydrogen) atoms. The van der Waals surface area contributed by atoms with Gasteiger partial charge in [-0.05, 0) is 58.8 Å². The Labute approximate surface area is 181 Å². The number of hydrogen-bond donors (Lipinski definition) is 1. The number of thiazole rings is 1. The van der Waals surface area contributed by atoms with Gasteiger partial charge in [0.05, 0.1) is 12.8 Å². The monoisotopic (exact) mass is 546 g/mol. The van der Waals surface area contributed by atoms with Gasteiger partial charge >= 0.3 is 0 Å². The largest absolute Gasteiger partial charge is 0.494 e. The van der Waals surface area contributed by atoms with Crippen LogP contribution < -0.4 is 9.54 Å². The molecular formula is C19H20BrIN2O2S. The number of rotatable bonds is 6. The van der Waals surface area contributed by atoms with Crippen molar-refractivity contribution in [3.8, 4) is 17.0 Å². The molecular weight excluding hydrogens is 527 g/mol. The highest BCUT2D eigenvalue weighted by atomic mass is 127. The Kier molecular flexibility index (Phi) is 8.33. The van der Waals surface area contributed by atoms with Crippen LogP contribution in [0.3, 0.4) is 0 Å². The molecule has 0 saturated heterocycles. The summed E-state index contributed by atoms with van der Waals surface area (Å²) in [6.45, 7) is 0.873. The highest BCUT2D eigenvalue weighted by molar-refractivity contribution is 14.1. The van der Waals surface area contributed by atoms with Crippen LogP contribution >= 0.6 is 50.9 Å². The number of halogens is 2. The maximum absolute atomic E-state index is 9.26. The molecule has 0 aliphatic heterocycles. The van der Waals surface area contributed by atoms with Crippen LogP contribution in [0.4, 0.5) is 5.69 Å². The van der Waals surface area contributed by atoms with Gasteiger partial charge in [-0.3, -0.25) is 0 Å². The van der Waals surface area contributed by atoms with Crippen molar-refractivity contribution < 1.29 is 9.84 Å². The molecule has 2 aromatic carbocycles. The van der Waals surface area contributed by atoms with Crippen LogP contribution in [0, 0.1) is 3.57 Å². The van der Waals surface area contributed by atoms with Gasteiger partial charge in [0.25, 0.3) is 0 Å². The van der Waals surface area contributed by atoms with Crippen LogP contribution in [0.5, 0.6) is 5.75 Å². The lowest BCUT2D eigenvalue weighted by atomic mass is 10.2. The van der Waals surface area contributed by atoms with Gasteiger partial charge in [0.15, 0.2) is 4.80 Å². The summed E-state index contributed by atoms with van der Waals surface area (Å²) < 4.78 is 8.77. The average Bonchev–Trinajstić information content (AvgIpc) is 3.03. The standard InChI is InChI=1S/C19H19IN2O2S.BrH/c1-24-18-6-3-2-5-16(18)21-19-22(11-4-12-23)17(13-25-19)14-7-9-15(20)10-8-14;/h2-3,5-10,13,23H,4,11-12H2,1H3;1H. The zero-order valence-electron chi connectivity index (χ0n) is 14.3. The second kappa shape index (κ2) is 10.2. The van der Waals surface area contributed by atoms with Crippen LogP contribution in [-0.2, 0) is 6.54 Å². The van der Waals surface area contributed by atoms with Crippen LogP contribution in [0.15, 0.2) is 58.9 Å². The fraction of sp³-hybridized carbons (Fsp3) is 0.211. The van der Waals surface area contributed by atoms with Crippen LogP contribution in [0.1, 0.15) is 6.42 Å². The van der Waals surface area contributed by atoms with E-state index in [-0.39, 0.29) is 23.6 Å². The van der Waals surface area contributed by atoms with Gasteiger partial charge in [0.2, 0.25) is 0 Å². The summed E-state index contributed by atoms with van der Waals surface area (Å²) >= 11 is 3.90. The van der Waals surface area contributed by atoms with Gasteiger partial charge in [-0.1, -0.05) is 24.3 Å². The van der Waals surface area contributed by atoms with Crippen molar-refractivity contribution >= 4 is 56.6 Å². The molecule has 0 amide bonds. The summed E-state index contributed by atoms with van der Waals surface area (Å²) in [5.74, 6) is 0.750. The van der Waals surface area contributed by atoms with E-state index in [4.69, 9.17) is 9.73 Å². The van der Waals surface area contributed by atoms with Crippen LogP contribution in [-0.4, -0.2) is 23.4 Å². The lowest BCUT2D eigenvalue weighted by molar-refractivity contribution is 0.279. The average molecular weight is 547 g/mol. The summed E-state index contributed by atoms with van der Waals surface area (Å²) in [7, 11) is 1.65. The first kappa shape index (κ1) is 21.1. The van der Waals surface area contributed by atoms with Crippen molar-refractivity contribution in [1.29, 1.82) is 0 Å². The van der Waals surface area contributed by atoms with Gasteiger partial charge < -0.3 is 14.4 Å². The highest BCUT2D eigenvalue weighted by Gasteiger charge is 2.09. The molecule has 1 N–H and O–H groups in total. The van der Waals surface area contributed by atoms with Gasteiger partial charge in [-0.25, -0.2) is 4.99 Å². The minimum Gasteiger partial charge on any atom is -0.494 e. The maximum Gasteiger partial charge on any atom is 0.190 e. The molecule has 7 heteroatoms. The molecule has 0 saturated carbocycles. The first-order valence-corrected chi connectivity index (χ1v) is 9.91. The van der Waals surface area contributed by atoms with Crippen molar-refractivity contribution in [2.75, 3.05) is 13.7 Å². The van der Waals surface area contributed by atoms with E-state index in [9.17, 15) is 5.11 Å². The van der Waals surface area contributed by atoms with Crippen LogP contribution in [0.25, 0.3) is 11.3 Å². The smallest absolute Gasteiger partial charge is 0.190 e. The summed E-state index contributed by atoms with van der Waals surface area (Å²) in [4.78, 5) is 5.70. The van der Waals surface area contributed by atoms with E-state index in [2.05, 4.69) is 56.8 Å². The molecule has 0 atom stereocenters. The molecule has 0 unspecified atom stereocenters. The molecule has 138 valence electrons. The summed E-state index contributed by atoms with van der Waals surface area (Å²) in [6, 6.07) is 16.2. The third kappa shape index (κ3) is 4.97. The number of aliphatic hydroxyl groups excluding tert-OH is 1. The quantitative estimate of drug-likeness (QED) is 0.441. The molecule has 0 aliphatic rings. The lowest BCUT2D eigenvalue weighted by Gasteiger charge is -2.09. The Hall–Kier alpha value is -1.16.